The van der Waals surface area contributed by atoms with Crippen molar-refractivity contribution in [2.75, 3.05) is 36.0 Å². The zero-order valence-corrected chi connectivity index (χ0v) is 16.8. The molecule has 0 spiro atoms. The highest BCUT2D eigenvalue weighted by atomic mass is 32.1. The second kappa shape index (κ2) is 7.68. The van der Waals surface area contributed by atoms with E-state index in [0.717, 1.165) is 53.6 Å². The average molecular weight is 418 g/mol. The number of nitrogens with zero attached hydrogens (tertiary/aromatic N) is 6. The van der Waals surface area contributed by atoms with Crippen LogP contribution in [-0.4, -0.2) is 46.1 Å². The largest absolute Gasteiger partial charge is 0.353 e. The van der Waals surface area contributed by atoms with Gasteiger partial charge in [0.05, 0.1) is 10.3 Å². The van der Waals surface area contributed by atoms with E-state index in [9.17, 15) is 10.1 Å². The standard InChI is InChI=1S/C21H18N6O2S/c28-27(29)17-6-7-18(24-19(17)15-4-2-1-3-5-15)25-9-11-26(12-10-25)20-16-8-13-30-21(16)23-14-22-20/h1-8,13-14H,9-12H2. The van der Waals surface area contributed by atoms with Gasteiger partial charge in [0.1, 0.15) is 22.8 Å². The van der Waals surface area contributed by atoms with E-state index in [2.05, 4.69) is 30.8 Å². The maximum atomic E-state index is 11.5. The van der Waals surface area contributed by atoms with Gasteiger partial charge in [-0.25, -0.2) is 15.0 Å². The molecule has 5 rings (SSSR count). The van der Waals surface area contributed by atoms with E-state index in [4.69, 9.17) is 0 Å². The lowest BCUT2D eigenvalue weighted by Crippen LogP contribution is -2.47. The normalized spacial score (nSPS) is 14.3. The third-order valence-corrected chi connectivity index (χ3v) is 6.07. The monoisotopic (exact) mass is 418 g/mol. The van der Waals surface area contributed by atoms with Crippen molar-refractivity contribution in [2.45, 2.75) is 0 Å². The number of aromatic nitrogens is 3. The zero-order valence-electron chi connectivity index (χ0n) is 16.0. The highest BCUT2D eigenvalue weighted by Crippen LogP contribution is 2.31. The van der Waals surface area contributed by atoms with Gasteiger partial charge in [-0.05, 0) is 17.5 Å². The molecule has 0 amide bonds. The van der Waals surface area contributed by atoms with Crippen LogP contribution >= 0.6 is 11.3 Å². The number of rotatable bonds is 4. The van der Waals surface area contributed by atoms with E-state index < -0.39 is 0 Å². The number of benzene rings is 1. The van der Waals surface area contributed by atoms with Gasteiger partial charge >= 0.3 is 0 Å². The van der Waals surface area contributed by atoms with E-state index in [1.165, 1.54) is 0 Å². The van der Waals surface area contributed by atoms with Crippen molar-refractivity contribution in [3.8, 4) is 11.3 Å². The molecule has 0 unspecified atom stereocenters. The zero-order chi connectivity index (χ0) is 20.5. The highest BCUT2D eigenvalue weighted by molar-refractivity contribution is 7.16. The SMILES string of the molecule is O=[N+]([O-])c1ccc(N2CCN(c3ncnc4sccc34)CC2)nc1-c1ccccc1. The number of hydrogen-bond acceptors (Lipinski definition) is 8. The Hall–Kier alpha value is -3.59. The lowest BCUT2D eigenvalue weighted by molar-refractivity contribution is -0.384. The molecule has 0 aliphatic carbocycles. The van der Waals surface area contributed by atoms with Gasteiger partial charge in [-0.1, -0.05) is 30.3 Å². The van der Waals surface area contributed by atoms with Crippen LogP contribution in [0.1, 0.15) is 0 Å². The van der Waals surface area contributed by atoms with Crippen LogP contribution in [0.25, 0.3) is 21.5 Å². The first-order chi connectivity index (χ1) is 14.7. The fraction of sp³-hybridized carbons (Fsp3) is 0.190. The number of thiophene rings is 1. The molecule has 1 aliphatic heterocycles. The number of nitro groups is 1. The summed E-state index contributed by atoms with van der Waals surface area (Å²) in [5, 5.41) is 14.6. The first-order valence-electron chi connectivity index (χ1n) is 9.59. The minimum atomic E-state index is -0.377. The van der Waals surface area contributed by atoms with Crippen molar-refractivity contribution < 1.29 is 4.92 Å². The molecule has 0 atom stereocenters. The topological polar surface area (TPSA) is 88.3 Å². The molecule has 3 aromatic heterocycles. The van der Waals surface area contributed by atoms with Gasteiger partial charge in [0.15, 0.2) is 5.69 Å². The number of fused-ring (bicyclic) bond motifs is 1. The van der Waals surface area contributed by atoms with Crippen molar-refractivity contribution in [2.24, 2.45) is 0 Å². The van der Waals surface area contributed by atoms with Gasteiger partial charge in [-0.3, -0.25) is 10.1 Å². The molecule has 1 saturated heterocycles. The third-order valence-electron chi connectivity index (χ3n) is 5.25. The predicted octanol–water partition coefficient (Wildman–Crippen LogP) is 3.99. The molecule has 0 bridgehead atoms. The quantitative estimate of drug-likeness (QED) is 0.366. The summed E-state index contributed by atoms with van der Waals surface area (Å²) in [5.74, 6) is 1.71. The molecule has 4 aromatic rings. The number of hydrogen-bond donors (Lipinski definition) is 0. The van der Waals surface area contributed by atoms with Crippen LogP contribution in [0.3, 0.4) is 0 Å². The first-order valence-corrected chi connectivity index (χ1v) is 10.5. The van der Waals surface area contributed by atoms with Gasteiger partial charge in [0, 0.05) is 37.8 Å². The minimum Gasteiger partial charge on any atom is -0.353 e. The Bertz CT molecular complexity index is 1200. The molecule has 150 valence electrons. The van der Waals surface area contributed by atoms with Crippen molar-refractivity contribution in [3.63, 3.8) is 0 Å². The van der Waals surface area contributed by atoms with Crippen molar-refractivity contribution in [1.29, 1.82) is 0 Å². The van der Waals surface area contributed by atoms with Gasteiger partial charge < -0.3 is 9.80 Å². The van der Waals surface area contributed by atoms with E-state index in [0.29, 0.717) is 5.69 Å². The van der Waals surface area contributed by atoms with Gasteiger partial charge in [-0.15, -0.1) is 11.3 Å². The van der Waals surface area contributed by atoms with Gasteiger partial charge in [-0.2, -0.15) is 0 Å². The van der Waals surface area contributed by atoms with Crippen LogP contribution in [0.15, 0.2) is 60.2 Å². The molecular formula is C21H18N6O2S. The molecule has 1 aliphatic rings. The maximum absolute atomic E-state index is 11.5. The second-order valence-corrected chi connectivity index (χ2v) is 7.87. The molecular weight excluding hydrogens is 400 g/mol. The van der Waals surface area contributed by atoms with E-state index in [-0.39, 0.29) is 10.6 Å². The Balaban J connectivity index is 1.40. The second-order valence-electron chi connectivity index (χ2n) is 6.97. The van der Waals surface area contributed by atoms with Crippen LogP contribution in [0, 0.1) is 10.1 Å². The summed E-state index contributed by atoms with van der Waals surface area (Å²) in [5.41, 5.74) is 1.16. The molecule has 0 saturated carbocycles. The van der Waals surface area contributed by atoms with Crippen LogP contribution in [-0.2, 0) is 0 Å². The van der Waals surface area contributed by atoms with E-state index >= 15 is 0 Å². The third kappa shape index (κ3) is 3.33. The fourth-order valence-electron chi connectivity index (χ4n) is 3.75. The summed E-state index contributed by atoms with van der Waals surface area (Å²) < 4.78 is 0. The molecule has 0 radical (unpaired) electrons. The summed E-state index contributed by atoms with van der Waals surface area (Å²) in [6, 6.07) is 14.6. The average Bonchev–Trinajstić information content (AvgIpc) is 3.28. The lowest BCUT2D eigenvalue weighted by atomic mass is 10.1. The summed E-state index contributed by atoms with van der Waals surface area (Å²) in [6.07, 6.45) is 1.62. The first kappa shape index (κ1) is 18.4. The summed E-state index contributed by atoms with van der Waals surface area (Å²) in [4.78, 5) is 30.0. The van der Waals surface area contributed by atoms with Crippen LogP contribution in [0.4, 0.5) is 17.3 Å². The Labute approximate surface area is 176 Å². The smallest absolute Gasteiger partial charge is 0.295 e. The van der Waals surface area contributed by atoms with Crippen LogP contribution in [0.2, 0.25) is 0 Å². The molecule has 8 nitrogen and oxygen atoms in total. The Kier molecular flexibility index (Phi) is 4.72. The summed E-state index contributed by atoms with van der Waals surface area (Å²) in [7, 11) is 0. The molecule has 4 heterocycles. The summed E-state index contributed by atoms with van der Waals surface area (Å²) >= 11 is 1.61. The van der Waals surface area contributed by atoms with Gasteiger partial charge in [0.25, 0.3) is 5.69 Å². The van der Waals surface area contributed by atoms with Crippen LogP contribution in [0.5, 0.6) is 0 Å². The number of piperazine rings is 1. The Morgan fingerprint density at radius 1 is 0.933 bits per heavy atom. The van der Waals surface area contributed by atoms with Crippen molar-refractivity contribution in [1.82, 2.24) is 15.0 Å². The van der Waals surface area contributed by atoms with Crippen molar-refractivity contribution >= 4 is 38.9 Å². The number of pyridine rings is 1. The Morgan fingerprint density at radius 3 is 2.47 bits per heavy atom. The maximum Gasteiger partial charge on any atom is 0.295 e. The van der Waals surface area contributed by atoms with E-state index in [1.54, 1.807) is 29.8 Å². The summed E-state index contributed by atoms with van der Waals surface area (Å²) in [6.45, 7) is 3.10. The fourth-order valence-corrected chi connectivity index (χ4v) is 4.48. The van der Waals surface area contributed by atoms with E-state index in [1.807, 2.05) is 35.7 Å². The predicted molar refractivity (Wildman–Crippen MR) is 118 cm³/mol. The minimum absolute atomic E-state index is 0.0180. The van der Waals surface area contributed by atoms with Crippen LogP contribution < -0.4 is 9.80 Å². The van der Waals surface area contributed by atoms with Crippen molar-refractivity contribution in [3.05, 3.63) is 70.4 Å². The Morgan fingerprint density at radius 2 is 1.70 bits per heavy atom. The molecule has 0 N–H and O–H groups in total. The van der Waals surface area contributed by atoms with Gasteiger partial charge in [0.2, 0.25) is 0 Å². The lowest BCUT2D eigenvalue weighted by Gasteiger charge is -2.36. The molecule has 1 fully saturated rings. The molecule has 1 aromatic carbocycles. The molecule has 30 heavy (non-hydrogen) atoms. The number of anilines is 2. The molecule has 9 heteroatoms. The highest BCUT2D eigenvalue weighted by Gasteiger charge is 2.24.